The second kappa shape index (κ2) is 4.09. The Morgan fingerprint density at radius 2 is 2.25 bits per heavy atom. The van der Waals surface area contributed by atoms with Crippen molar-refractivity contribution in [2.45, 2.75) is 19.0 Å². The summed E-state index contributed by atoms with van der Waals surface area (Å²) in [5.74, 6) is -0.562. The van der Waals surface area contributed by atoms with Crippen LogP contribution in [0.2, 0.25) is 0 Å². The van der Waals surface area contributed by atoms with Crippen LogP contribution >= 0.6 is 12.6 Å². The highest BCUT2D eigenvalue weighted by Gasteiger charge is 2.13. The third-order valence-corrected chi connectivity index (χ3v) is 2.12. The maximum absolute atomic E-state index is 11.4. The molecule has 2 heterocycles. The van der Waals surface area contributed by atoms with Crippen molar-refractivity contribution >= 4 is 29.8 Å². The van der Waals surface area contributed by atoms with Gasteiger partial charge in [0.25, 0.3) is 0 Å². The van der Waals surface area contributed by atoms with Gasteiger partial charge >= 0.3 is 5.97 Å². The van der Waals surface area contributed by atoms with Crippen molar-refractivity contribution in [1.29, 1.82) is 0 Å². The van der Waals surface area contributed by atoms with Crippen molar-refractivity contribution in [2.24, 2.45) is 5.92 Å². The van der Waals surface area contributed by atoms with E-state index in [0.29, 0.717) is 16.3 Å². The molecule has 6 nitrogen and oxygen atoms in total. The molecule has 0 spiro atoms. The van der Waals surface area contributed by atoms with Gasteiger partial charge in [0.2, 0.25) is 5.65 Å². The zero-order valence-corrected chi connectivity index (χ0v) is 9.68. The number of carbonyl (C=O) groups excluding carboxylic acids is 1. The molecule has 0 unspecified atom stereocenters. The Balaban J connectivity index is 2.38. The summed E-state index contributed by atoms with van der Waals surface area (Å²) < 4.78 is 1.22. The summed E-state index contributed by atoms with van der Waals surface area (Å²) in [4.78, 5) is 28.4. The molecular formula is C9H10N4O2S. The second-order valence-electron chi connectivity index (χ2n) is 3.51. The number of fused-ring (bicyclic) bond motifs is 1. The number of hydrogen-bond donors (Lipinski definition) is 1. The topological polar surface area (TPSA) is 69.9 Å². The Morgan fingerprint density at radius 3 is 2.94 bits per heavy atom. The third kappa shape index (κ3) is 1.99. The maximum atomic E-state index is 11.4. The summed E-state index contributed by atoms with van der Waals surface area (Å²) in [7, 11) is 0. The van der Waals surface area contributed by atoms with Gasteiger partial charge in [-0.15, -0.1) is 17.4 Å². The zero-order valence-electron chi connectivity index (χ0n) is 8.78. The molecular weight excluding hydrogens is 228 g/mol. The fraction of sp³-hybridized carbons (Fsp3) is 0.333. The van der Waals surface area contributed by atoms with E-state index in [1.165, 1.54) is 17.3 Å². The van der Waals surface area contributed by atoms with Crippen LogP contribution in [0, 0.1) is 5.92 Å². The summed E-state index contributed by atoms with van der Waals surface area (Å²) >= 11 is 4.01. The Labute approximate surface area is 97.0 Å². The SMILES string of the molecule is CC(C)C(=O)On1cnc2cnc(S)nc21. The van der Waals surface area contributed by atoms with Crippen LogP contribution in [0.15, 0.2) is 17.7 Å². The van der Waals surface area contributed by atoms with E-state index in [1.807, 2.05) is 0 Å². The Kier molecular flexibility index (Phi) is 2.78. The summed E-state index contributed by atoms with van der Waals surface area (Å²) in [5, 5.41) is 0.301. The first kappa shape index (κ1) is 10.9. The van der Waals surface area contributed by atoms with Crippen molar-refractivity contribution in [3.8, 4) is 0 Å². The molecule has 84 valence electrons. The first-order valence-electron chi connectivity index (χ1n) is 4.69. The van der Waals surface area contributed by atoms with E-state index >= 15 is 0 Å². The van der Waals surface area contributed by atoms with Crippen LogP contribution in [0.5, 0.6) is 0 Å². The number of imidazole rings is 1. The Hall–Kier alpha value is -1.63. The molecule has 0 aliphatic rings. The van der Waals surface area contributed by atoms with Crippen LogP contribution in [0.3, 0.4) is 0 Å². The quantitative estimate of drug-likeness (QED) is 0.617. The zero-order chi connectivity index (χ0) is 11.7. The summed E-state index contributed by atoms with van der Waals surface area (Å²) in [6.07, 6.45) is 2.90. The van der Waals surface area contributed by atoms with Gasteiger partial charge in [-0.3, -0.25) is 0 Å². The fourth-order valence-corrected chi connectivity index (χ4v) is 1.20. The minimum absolute atomic E-state index is 0.213. The van der Waals surface area contributed by atoms with Gasteiger partial charge < -0.3 is 4.84 Å². The largest absolute Gasteiger partial charge is 0.335 e. The average molecular weight is 238 g/mol. The molecule has 0 bridgehead atoms. The summed E-state index contributed by atoms with van der Waals surface area (Å²) in [6, 6.07) is 0. The van der Waals surface area contributed by atoms with Gasteiger partial charge in [0.05, 0.1) is 12.1 Å². The molecule has 0 saturated carbocycles. The lowest BCUT2D eigenvalue weighted by Gasteiger charge is -2.06. The molecule has 0 fully saturated rings. The van der Waals surface area contributed by atoms with E-state index in [4.69, 9.17) is 4.84 Å². The molecule has 2 aromatic heterocycles. The van der Waals surface area contributed by atoms with Crippen molar-refractivity contribution in [3.05, 3.63) is 12.5 Å². The Bertz CT molecular complexity index is 537. The minimum atomic E-state index is -0.348. The van der Waals surface area contributed by atoms with Gasteiger partial charge in [-0.05, 0) is 0 Å². The van der Waals surface area contributed by atoms with E-state index < -0.39 is 0 Å². The first-order valence-corrected chi connectivity index (χ1v) is 5.14. The van der Waals surface area contributed by atoms with E-state index in [1.54, 1.807) is 13.8 Å². The lowest BCUT2D eigenvalue weighted by molar-refractivity contribution is -0.147. The highest BCUT2D eigenvalue weighted by Crippen LogP contribution is 2.09. The summed E-state index contributed by atoms with van der Waals surface area (Å²) in [5.41, 5.74) is 0.975. The smallest absolute Gasteiger partial charge is 0.333 e. The van der Waals surface area contributed by atoms with Crippen molar-refractivity contribution in [1.82, 2.24) is 19.7 Å². The predicted octanol–water partition coefficient (Wildman–Crippen LogP) is 0.726. The van der Waals surface area contributed by atoms with Crippen LogP contribution in [-0.4, -0.2) is 25.7 Å². The normalized spacial score (nSPS) is 11.0. The van der Waals surface area contributed by atoms with E-state index in [0.717, 1.165) is 0 Å². The highest BCUT2D eigenvalue weighted by atomic mass is 32.1. The molecule has 0 atom stereocenters. The van der Waals surface area contributed by atoms with Gasteiger partial charge in [-0.2, -0.15) is 4.98 Å². The van der Waals surface area contributed by atoms with Gasteiger partial charge in [0, 0.05) is 0 Å². The number of rotatable bonds is 2. The molecule has 16 heavy (non-hydrogen) atoms. The van der Waals surface area contributed by atoms with E-state index in [9.17, 15) is 4.79 Å². The molecule has 0 aromatic carbocycles. The second-order valence-corrected chi connectivity index (χ2v) is 3.91. The predicted molar refractivity (Wildman–Crippen MR) is 59.0 cm³/mol. The standard InChI is InChI=1S/C9H10N4O2S/c1-5(2)8(14)15-13-4-11-6-3-10-9(16)12-7(6)13/h3-5H,1-2H3,(H,10,12,16). The van der Waals surface area contributed by atoms with Crippen LogP contribution in [0.1, 0.15) is 13.8 Å². The number of nitrogens with zero attached hydrogens (tertiary/aromatic N) is 4. The van der Waals surface area contributed by atoms with Crippen LogP contribution < -0.4 is 4.84 Å². The van der Waals surface area contributed by atoms with Gasteiger partial charge in [-0.25, -0.2) is 14.8 Å². The maximum Gasteiger partial charge on any atom is 0.335 e. The van der Waals surface area contributed by atoms with Gasteiger partial charge in [0.1, 0.15) is 11.8 Å². The van der Waals surface area contributed by atoms with E-state index in [-0.39, 0.29) is 11.9 Å². The highest BCUT2D eigenvalue weighted by molar-refractivity contribution is 7.80. The molecule has 0 saturated heterocycles. The number of carbonyl (C=O) groups is 1. The lowest BCUT2D eigenvalue weighted by atomic mass is 10.2. The van der Waals surface area contributed by atoms with Crippen molar-refractivity contribution in [2.75, 3.05) is 0 Å². The van der Waals surface area contributed by atoms with Crippen LogP contribution in [0.4, 0.5) is 0 Å². The lowest BCUT2D eigenvalue weighted by Crippen LogP contribution is -2.23. The minimum Gasteiger partial charge on any atom is -0.333 e. The average Bonchev–Trinajstić information content (AvgIpc) is 2.61. The molecule has 2 rings (SSSR count). The summed E-state index contributed by atoms with van der Waals surface area (Å²) in [6.45, 7) is 3.50. The molecule has 2 aromatic rings. The molecule has 0 radical (unpaired) electrons. The molecule has 7 heteroatoms. The fourth-order valence-electron chi connectivity index (χ4n) is 1.05. The number of thiol groups is 1. The molecule has 0 aliphatic carbocycles. The van der Waals surface area contributed by atoms with Crippen molar-refractivity contribution in [3.63, 3.8) is 0 Å². The Morgan fingerprint density at radius 1 is 1.50 bits per heavy atom. The van der Waals surface area contributed by atoms with Crippen LogP contribution in [0.25, 0.3) is 11.2 Å². The molecule has 0 aliphatic heterocycles. The third-order valence-electron chi connectivity index (χ3n) is 1.91. The van der Waals surface area contributed by atoms with Crippen LogP contribution in [-0.2, 0) is 4.79 Å². The monoisotopic (exact) mass is 238 g/mol. The molecule has 0 N–H and O–H groups in total. The van der Waals surface area contributed by atoms with E-state index in [2.05, 4.69) is 27.6 Å². The van der Waals surface area contributed by atoms with Gasteiger partial charge in [-0.1, -0.05) is 13.8 Å². The van der Waals surface area contributed by atoms with Gasteiger partial charge in [0.15, 0.2) is 5.16 Å². The van der Waals surface area contributed by atoms with Crippen molar-refractivity contribution < 1.29 is 9.63 Å². The number of hydrogen-bond acceptors (Lipinski definition) is 6. The first-order chi connectivity index (χ1) is 7.58. The number of aromatic nitrogens is 4. The molecule has 0 amide bonds.